The van der Waals surface area contributed by atoms with Crippen molar-refractivity contribution in [3.63, 3.8) is 0 Å². The van der Waals surface area contributed by atoms with Crippen LogP contribution in [0.15, 0.2) is 12.3 Å². The Morgan fingerprint density at radius 1 is 1.45 bits per heavy atom. The minimum absolute atomic E-state index is 0. The van der Waals surface area contributed by atoms with Gasteiger partial charge in [0.1, 0.15) is 0 Å². The van der Waals surface area contributed by atoms with Crippen molar-refractivity contribution in [2.45, 2.75) is 12.8 Å². The van der Waals surface area contributed by atoms with E-state index in [0.717, 1.165) is 18.4 Å². The lowest BCUT2D eigenvalue weighted by Gasteiger charge is -1.90. The number of nitrogens with one attached hydrogen (secondary N) is 1. The number of aromatic amines is 1. The zero-order valence-electron chi connectivity index (χ0n) is 5.96. The minimum Gasteiger partial charge on any atom is -0.281 e. The number of rotatable bonds is 0. The van der Waals surface area contributed by atoms with Gasteiger partial charge in [0.15, 0.2) is 0 Å². The molecule has 56 valence electrons. The van der Waals surface area contributed by atoms with Gasteiger partial charge in [-0.15, -0.1) is 0 Å². The van der Waals surface area contributed by atoms with Gasteiger partial charge in [0.2, 0.25) is 0 Å². The molecule has 3 heteroatoms. The van der Waals surface area contributed by atoms with Crippen LogP contribution in [0, 0.1) is 0 Å². The molecule has 2 aromatic rings. The Morgan fingerprint density at radius 3 is 3.45 bits per heavy atom. The van der Waals surface area contributed by atoms with Gasteiger partial charge in [-0.25, -0.2) is 0 Å². The molecule has 0 aromatic carbocycles. The van der Waals surface area contributed by atoms with Crippen LogP contribution in [0.5, 0.6) is 0 Å². The summed E-state index contributed by atoms with van der Waals surface area (Å²) in [4.78, 5) is 4.29. The monoisotopic (exact) mass is 147 g/mol. The second-order valence-electron chi connectivity index (χ2n) is 2.85. The highest BCUT2D eigenvalue weighted by molar-refractivity contribution is 5.85. The van der Waals surface area contributed by atoms with E-state index in [2.05, 4.69) is 15.2 Å². The van der Waals surface area contributed by atoms with Crippen LogP contribution in [-0.4, -0.2) is 15.2 Å². The van der Waals surface area contributed by atoms with Gasteiger partial charge < -0.3 is 0 Å². The van der Waals surface area contributed by atoms with Gasteiger partial charge in [-0.3, -0.25) is 10.1 Å². The van der Waals surface area contributed by atoms with Crippen LogP contribution in [0.3, 0.4) is 0 Å². The molecule has 0 aliphatic heterocycles. The third-order valence-electron chi connectivity index (χ3n) is 2.23. The lowest BCUT2D eigenvalue weighted by Crippen LogP contribution is -1.85. The average molecular weight is 147 g/mol. The van der Waals surface area contributed by atoms with Crippen molar-refractivity contribution >= 4 is 10.9 Å². The van der Waals surface area contributed by atoms with Crippen LogP contribution < -0.4 is 0 Å². The molecule has 0 spiro atoms. The highest BCUT2D eigenvalue weighted by Crippen LogP contribution is 2.26. The Balaban J connectivity index is 0.000000563. The molecule has 2 heterocycles. The Bertz CT molecular complexity index is 421. The van der Waals surface area contributed by atoms with Crippen LogP contribution in [0.25, 0.3) is 10.9 Å². The zero-order chi connectivity index (χ0) is 7.26. The summed E-state index contributed by atoms with van der Waals surface area (Å²) in [5, 5.41) is 8.45. The van der Waals surface area contributed by atoms with Gasteiger partial charge >= 0.3 is 0 Å². The van der Waals surface area contributed by atoms with Crippen LogP contribution in [-0.2, 0) is 12.8 Å². The van der Waals surface area contributed by atoms with Gasteiger partial charge in [-0.1, -0.05) is 0 Å². The predicted octanol–water partition coefficient (Wildman–Crippen LogP) is 1.30. The summed E-state index contributed by atoms with van der Waals surface area (Å²) in [6.07, 6.45) is 3.97. The first kappa shape index (κ1) is 5.29. The molecule has 2 aromatic heterocycles. The van der Waals surface area contributed by atoms with Crippen molar-refractivity contribution in [1.82, 2.24) is 15.2 Å². The molecule has 0 bridgehead atoms. The Labute approximate surface area is 64.9 Å². The van der Waals surface area contributed by atoms with E-state index in [1.165, 1.54) is 16.8 Å². The number of hydrogen-bond donors (Lipinski definition) is 1. The summed E-state index contributed by atoms with van der Waals surface area (Å²) in [6, 6.07) is 1.95. The van der Waals surface area contributed by atoms with E-state index in [-0.39, 0.29) is 1.43 Å². The topological polar surface area (TPSA) is 41.6 Å². The number of aryl methyl sites for hydroxylation is 2. The molecule has 3 nitrogen and oxygen atoms in total. The van der Waals surface area contributed by atoms with E-state index in [0.29, 0.717) is 0 Å². The molecule has 0 fully saturated rings. The second-order valence-corrected chi connectivity index (χ2v) is 2.85. The molecule has 11 heavy (non-hydrogen) atoms. The highest BCUT2D eigenvalue weighted by atomic mass is 15.1. The SMILES string of the molecule is [HH].c1cc2n[nH]c3c2c(n1)CC3. The van der Waals surface area contributed by atoms with Crippen LogP contribution >= 0.6 is 0 Å². The van der Waals surface area contributed by atoms with Gasteiger partial charge in [-0.2, -0.15) is 5.10 Å². The second kappa shape index (κ2) is 1.61. The number of H-pyrrole nitrogens is 1. The Morgan fingerprint density at radius 2 is 2.45 bits per heavy atom. The standard InChI is InChI=1S/C8H7N3.H2/c1-2-6-8-5(1)9-4-3-7(8)11-10-6;/h3-4H,1-2H2,(H,10,11);1H. The number of pyridine rings is 1. The van der Waals surface area contributed by atoms with Crippen molar-refractivity contribution in [1.29, 1.82) is 0 Å². The fourth-order valence-corrected chi connectivity index (χ4v) is 1.71. The Hall–Kier alpha value is -1.38. The fraction of sp³-hybridized carbons (Fsp3) is 0.250. The first-order chi connectivity index (χ1) is 5.45. The summed E-state index contributed by atoms with van der Waals surface area (Å²) in [5.41, 5.74) is 3.51. The summed E-state index contributed by atoms with van der Waals surface area (Å²) < 4.78 is 0. The van der Waals surface area contributed by atoms with E-state index < -0.39 is 0 Å². The van der Waals surface area contributed by atoms with E-state index >= 15 is 0 Å². The lowest BCUT2D eigenvalue weighted by molar-refractivity contribution is 0.910. The molecular formula is C8H9N3. The van der Waals surface area contributed by atoms with Crippen molar-refractivity contribution in [3.05, 3.63) is 23.7 Å². The molecule has 0 amide bonds. The minimum atomic E-state index is 0. The summed E-state index contributed by atoms with van der Waals surface area (Å²) in [6.45, 7) is 0. The van der Waals surface area contributed by atoms with Crippen LogP contribution in [0.1, 0.15) is 12.8 Å². The Kier molecular flexibility index (Phi) is 0.776. The average Bonchev–Trinajstić information content (AvgIpc) is 2.60. The highest BCUT2D eigenvalue weighted by Gasteiger charge is 2.16. The molecule has 0 atom stereocenters. The van der Waals surface area contributed by atoms with E-state index in [4.69, 9.17) is 0 Å². The van der Waals surface area contributed by atoms with Gasteiger partial charge in [0.25, 0.3) is 0 Å². The summed E-state index contributed by atoms with van der Waals surface area (Å²) in [7, 11) is 0. The first-order valence-electron chi connectivity index (χ1n) is 3.76. The molecule has 1 aliphatic rings. The smallest absolute Gasteiger partial charge is 0.0957 e. The van der Waals surface area contributed by atoms with Crippen molar-refractivity contribution in [3.8, 4) is 0 Å². The maximum Gasteiger partial charge on any atom is 0.0957 e. The normalized spacial score (nSPS) is 14.5. The van der Waals surface area contributed by atoms with E-state index in [9.17, 15) is 0 Å². The summed E-state index contributed by atoms with van der Waals surface area (Å²) >= 11 is 0. The van der Waals surface area contributed by atoms with Gasteiger partial charge in [0, 0.05) is 18.7 Å². The van der Waals surface area contributed by atoms with Gasteiger partial charge in [-0.05, 0) is 18.9 Å². The molecule has 1 N–H and O–H groups in total. The number of nitrogens with zero attached hydrogens (tertiary/aromatic N) is 2. The molecule has 0 saturated heterocycles. The molecule has 0 radical (unpaired) electrons. The predicted molar refractivity (Wildman–Crippen MR) is 43.4 cm³/mol. The zero-order valence-corrected chi connectivity index (χ0v) is 5.96. The maximum absolute atomic E-state index is 4.29. The number of hydrogen-bond acceptors (Lipinski definition) is 2. The summed E-state index contributed by atoms with van der Waals surface area (Å²) in [5.74, 6) is 0. The quantitative estimate of drug-likeness (QED) is 0.610. The third kappa shape index (κ3) is 0.533. The molecule has 3 rings (SSSR count). The van der Waals surface area contributed by atoms with Crippen molar-refractivity contribution < 1.29 is 1.43 Å². The fourth-order valence-electron chi connectivity index (χ4n) is 1.71. The largest absolute Gasteiger partial charge is 0.281 e. The first-order valence-corrected chi connectivity index (χ1v) is 3.76. The van der Waals surface area contributed by atoms with E-state index in [1.807, 2.05) is 12.3 Å². The number of aromatic nitrogens is 3. The van der Waals surface area contributed by atoms with Crippen LogP contribution in [0.4, 0.5) is 0 Å². The molecule has 0 saturated carbocycles. The van der Waals surface area contributed by atoms with Crippen LogP contribution in [0.2, 0.25) is 0 Å². The molecular weight excluding hydrogens is 138 g/mol. The maximum atomic E-state index is 4.29. The van der Waals surface area contributed by atoms with Crippen molar-refractivity contribution in [2.75, 3.05) is 0 Å². The third-order valence-corrected chi connectivity index (χ3v) is 2.23. The van der Waals surface area contributed by atoms with Gasteiger partial charge in [0.05, 0.1) is 11.2 Å². The molecule has 0 unspecified atom stereocenters. The van der Waals surface area contributed by atoms with Crippen molar-refractivity contribution in [2.24, 2.45) is 0 Å². The van der Waals surface area contributed by atoms with E-state index in [1.54, 1.807) is 0 Å². The molecule has 1 aliphatic carbocycles. The lowest BCUT2D eigenvalue weighted by atomic mass is 10.3.